The van der Waals surface area contributed by atoms with Gasteiger partial charge in [-0.15, -0.1) is 0 Å². The monoisotopic (exact) mass is 192 g/mol. The summed E-state index contributed by atoms with van der Waals surface area (Å²) in [6.07, 6.45) is 8.54. The van der Waals surface area contributed by atoms with E-state index in [-0.39, 0.29) is 12.1 Å². The molecule has 0 aromatic carbocycles. The number of carbonyl (C=O) groups excluding carboxylic acids is 1. The van der Waals surface area contributed by atoms with Crippen molar-refractivity contribution in [1.82, 2.24) is 0 Å². The van der Waals surface area contributed by atoms with E-state index in [2.05, 4.69) is 12.2 Å². The Labute approximate surface area is 84.3 Å². The Hall–Kier alpha value is -0.790. The lowest BCUT2D eigenvalue weighted by Gasteiger charge is -2.30. The fraction of sp³-hybridized carbons (Fsp3) is 0.750. The number of fused-ring (bicyclic) bond motifs is 5. The first-order valence-electron chi connectivity index (χ1n) is 5.59. The van der Waals surface area contributed by atoms with E-state index in [4.69, 9.17) is 4.74 Å². The molecule has 2 saturated carbocycles. The summed E-state index contributed by atoms with van der Waals surface area (Å²) in [4.78, 5) is 10.9. The van der Waals surface area contributed by atoms with Crippen molar-refractivity contribution >= 4 is 5.97 Å². The van der Waals surface area contributed by atoms with E-state index in [1.807, 2.05) is 0 Å². The second-order valence-corrected chi connectivity index (χ2v) is 4.95. The molecule has 76 valence electrons. The third kappa shape index (κ3) is 1.06. The van der Waals surface area contributed by atoms with E-state index in [9.17, 15) is 4.79 Å². The van der Waals surface area contributed by atoms with Crippen LogP contribution in [0.3, 0.4) is 0 Å². The van der Waals surface area contributed by atoms with Gasteiger partial charge in [-0.3, -0.25) is 4.79 Å². The molecule has 0 amide bonds. The summed E-state index contributed by atoms with van der Waals surface area (Å²) >= 11 is 0. The van der Waals surface area contributed by atoms with Crippen molar-refractivity contribution in [1.29, 1.82) is 0 Å². The van der Waals surface area contributed by atoms with Crippen LogP contribution in [0.5, 0.6) is 0 Å². The van der Waals surface area contributed by atoms with Gasteiger partial charge in [0.15, 0.2) is 0 Å². The molecule has 0 aliphatic heterocycles. The minimum atomic E-state index is -0.106. The molecule has 2 nitrogen and oxygen atoms in total. The van der Waals surface area contributed by atoms with Gasteiger partial charge < -0.3 is 4.74 Å². The van der Waals surface area contributed by atoms with Crippen molar-refractivity contribution in [2.24, 2.45) is 23.7 Å². The highest BCUT2D eigenvalue weighted by atomic mass is 16.5. The maximum atomic E-state index is 10.9. The molecule has 0 spiro atoms. The van der Waals surface area contributed by atoms with Crippen LogP contribution >= 0.6 is 0 Å². The Balaban J connectivity index is 1.75. The van der Waals surface area contributed by atoms with Crippen LogP contribution in [-0.4, -0.2) is 12.1 Å². The van der Waals surface area contributed by atoms with Crippen molar-refractivity contribution in [3.8, 4) is 0 Å². The number of rotatable bonds is 1. The van der Waals surface area contributed by atoms with Crippen LogP contribution in [0.4, 0.5) is 0 Å². The van der Waals surface area contributed by atoms with E-state index in [0.717, 1.165) is 24.2 Å². The van der Waals surface area contributed by atoms with Crippen LogP contribution in [0.25, 0.3) is 0 Å². The van der Waals surface area contributed by atoms with Crippen LogP contribution in [0.2, 0.25) is 0 Å². The van der Waals surface area contributed by atoms with Gasteiger partial charge in [-0.2, -0.15) is 0 Å². The largest absolute Gasteiger partial charge is 0.462 e. The van der Waals surface area contributed by atoms with Gasteiger partial charge in [0.2, 0.25) is 0 Å². The van der Waals surface area contributed by atoms with Gasteiger partial charge in [0.25, 0.3) is 0 Å². The van der Waals surface area contributed by atoms with E-state index in [1.54, 1.807) is 0 Å². The van der Waals surface area contributed by atoms with Gasteiger partial charge in [-0.05, 0) is 42.9 Å². The zero-order chi connectivity index (χ0) is 9.71. The molecule has 0 saturated heterocycles. The maximum Gasteiger partial charge on any atom is 0.302 e. The number of allylic oxidation sites excluding steroid dienone is 2. The minimum absolute atomic E-state index is 0.106. The number of esters is 1. The predicted octanol–water partition coefficient (Wildman–Crippen LogP) is 2.15. The molecule has 5 atom stereocenters. The maximum absolute atomic E-state index is 10.9. The number of hydrogen-bond donors (Lipinski definition) is 0. The first kappa shape index (κ1) is 8.51. The van der Waals surface area contributed by atoms with Crippen LogP contribution in [0.1, 0.15) is 26.2 Å². The molecule has 2 fully saturated rings. The molecule has 2 heteroatoms. The first-order valence-corrected chi connectivity index (χ1v) is 5.59. The summed E-state index contributed by atoms with van der Waals surface area (Å²) in [5.74, 6) is 2.95. The molecule has 0 aromatic rings. The van der Waals surface area contributed by atoms with Crippen LogP contribution in [-0.2, 0) is 9.53 Å². The van der Waals surface area contributed by atoms with Gasteiger partial charge in [-0.1, -0.05) is 12.2 Å². The average molecular weight is 192 g/mol. The summed E-state index contributed by atoms with van der Waals surface area (Å²) in [5, 5.41) is 0. The van der Waals surface area contributed by atoms with Crippen molar-refractivity contribution < 1.29 is 9.53 Å². The van der Waals surface area contributed by atoms with E-state index in [0.29, 0.717) is 5.92 Å². The summed E-state index contributed by atoms with van der Waals surface area (Å²) in [6.45, 7) is 1.52. The normalized spacial score (nSPS) is 48.2. The Morgan fingerprint density at radius 1 is 1.36 bits per heavy atom. The van der Waals surface area contributed by atoms with E-state index < -0.39 is 0 Å². The van der Waals surface area contributed by atoms with Crippen LogP contribution < -0.4 is 0 Å². The first-order chi connectivity index (χ1) is 6.75. The number of carbonyl (C=O) groups is 1. The lowest BCUT2D eigenvalue weighted by Crippen LogP contribution is -2.31. The Morgan fingerprint density at radius 3 is 3.00 bits per heavy atom. The molecule has 3 aliphatic rings. The summed E-state index contributed by atoms with van der Waals surface area (Å²) < 4.78 is 5.39. The molecule has 0 radical (unpaired) electrons. The molecular formula is C12H16O2. The van der Waals surface area contributed by atoms with E-state index >= 15 is 0 Å². The molecule has 14 heavy (non-hydrogen) atoms. The second kappa shape index (κ2) is 2.85. The van der Waals surface area contributed by atoms with Crippen molar-refractivity contribution in [2.75, 3.05) is 0 Å². The number of ether oxygens (including phenoxy) is 1. The van der Waals surface area contributed by atoms with Gasteiger partial charge in [0, 0.05) is 6.92 Å². The smallest absolute Gasteiger partial charge is 0.302 e. The molecule has 0 heterocycles. The highest BCUT2D eigenvalue weighted by Gasteiger charge is 2.53. The van der Waals surface area contributed by atoms with Gasteiger partial charge in [0.1, 0.15) is 6.10 Å². The second-order valence-electron chi connectivity index (χ2n) is 4.95. The van der Waals surface area contributed by atoms with Crippen molar-refractivity contribution in [3.63, 3.8) is 0 Å². The topological polar surface area (TPSA) is 26.3 Å². The van der Waals surface area contributed by atoms with Gasteiger partial charge in [-0.25, -0.2) is 0 Å². The van der Waals surface area contributed by atoms with Gasteiger partial charge in [0.05, 0.1) is 0 Å². The van der Waals surface area contributed by atoms with Crippen molar-refractivity contribution in [2.45, 2.75) is 32.3 Å². The summed E-state index contributed by atoms with van der Waals surface area (Å²) in [7, 11) is 0. The molecule has 3 rings (SSSR count). The predicted molar refractivity (Wildman–Crippen MR) is 52.5 cm³/mol. The third-order valence-corrected chi connectivity index (χ3v) is 4.26. The Kier molecular flexibility index (Phi) is 1.73. The SMILES string of the molecule is CC(=O)OC1C[C@H]2C[C@@H]1C1CC=CC12. The zero-order valence-corrected chi connectivity index (χ0v) is 8.48. The molecule has 3 aliphatic carbocycles. The fourth-order valence-corrected chi connectivity index (χ4v) is 3.84. The van der Waals surface area contributed by atoms with Gasteiger partial charge >= 0.3 is 5.97 Å². The molecule has 3 unspecified atom stereocenters. The summed E-state index contributed by atoms with van der Waals surface area (Å²) in [6, 6.07) is 0. The quantitative estimate of drug-likeness (QED) is 0.470. The molecule has 0 aromatic heterocycles. The van der Waals surface area contributed by atoms with Crippen LogP contribution in [0, 0.1) is 23.7 Å². The third-order valence-electron chi connectivity index (χ3n) is 4.26. The average Bonchev–Trinajstić information content (AvgIpc) is 2.68. The van der Waals surface area contributed by atoms with Crippen LogP contribution in [0.15, 0.2) is 12.2 Å². The molecule has 2 bridgehead atoms. The highest BCUT2D eigenvalue weighted by molar-refractivity contribution is 5.66. The minimum Gasteiger partial charge on any atom is -0.462 e. The zero-order valence-electron chi connectivity index (χ0n) is 8.48. The van der Waals surface area contributed by atoms with Crippen molar-refractivity contribution in [3.05, 3.63) is 12.2 Å². The molecule has 0 N–H and O–H groups in total. The Morgan fingerprint density at radius 2 is 2.21 bits per heavy atom. The number of hydrogen-bond acceptors (Lipinski definition) is 2. The Bertz CT molecular complexity index is 295. The lowest BCUT2D eigenvalue weighted by molar-refractivity contribution is -0.150. The fourth-order valence-electron chi connectivity index (χ4n) is 3.84. The standard InChI is InChI=1S/C12H16O2/c1-7(13)14-12-6-8-5-11(12)10-4-2-3-9(8)10/h2-3,8-12H,4-6H2,1H3/t8-,9?,10?,11-,12?/m1/s1. The lowest BCUT2D eigenvalue weighted by atomic mass is 9.80. The summed E-state index contributed by atoms with van der Waals surface area (Å²) in [5.41, 5.74) is 0. The van der Waals surface area contributed by atoms with E-state index in [1.165, 1.54) is 19.8 Å². The highest BCUT2D eigenvalue weighted by Crippen LogP contribution is 2.57. The molecular weight excluding hydrogens is 176 g/mol.